The fraction of sp³-hybridized carbons (Fsp3) is 0.333. The highest BCUT2D eigenvalue weighted by Gasteiger charge is 2.15. The van der Waals surface area contributed by atoms with Crippen molar-refractivity contribution in [3.8, 4) is 0 Å². The Kier molecular flexibility index (Phi) is 3.74. The van der Waals surface area contributed by atoms with Crippen LogP contribution < -0.4 is 11.3 Å². The lowest BCUT2D eigenvalue weighted by atomic mass is 10.5. The summed E-state index contributed by atoms with van der Waals surface area (Å²) in [5.74, 6) is 0.766. The fourth-order valence-electron chi connectivity index (χ4n) is 1.86. The number of anilines is 1. The van der Waals surface area contributed by atoms with Crippen molar-refractivity contribution in [2.45, 2.75) is 26.9 Å². The Labute approximate surface area is 110 Å². The highest BCUT2D eigenvalue weighted by molar-refractivity contribution is 5.56. The van der Waals surface area contributed by atoms with E-state index in [-0.39, 0.29) is 11.2 Å². The number of nitrogen functional groups attached to an aromatic ring is 1. The lowest BCUT2D eigenvalue weighted by Gasteiger charge is -2.07. The summed E-state index contributed by atoms with van der Waals surface area (Å²) >= 11 is 0. The Morgan fingerprint density at radius 1 is 1.21 bits per heavy atom. The molecule has 0 amide bonds. The summed E-state index contributed by atoms with van der Waals surface area (Å²) in [5, 5.41) is 7.86. The Bertz CT molecular complexity index is 640. The third-order valence-electron chi connectivity index (χ3n) is 2.75. The van der Waals surface area contributed by atoms with Gasteiger partial charge in [-0.3, -0.25) is 9.48 Å². The zero-order valence-electron chi connectivity index (χ0n) is 10.9. The highest BCUT2D eigenvalue weighted by atomic mass is 16.1. The molecule has 0 aliphatic heterocycles. The largest absolute Gasteiger partial charge is 0.382 e. The van der Waals surface area contributed by atoms with Gasteiger partial charge in [-0.05, 0) is 26.0 Å². The van der Waals surface area contributed by atoms with Crippen LogP contribution in [0.5, 0.6) is 0 Å². The van der Waals surface area contributed by atoms with Crippen LogP contribution in [0.3, 0.4) is 0 Å². The molecule has 2 N–H and O–H groups in total. The van der Waals surface area contributed by atoms with Crippen LogP contribution in [0.1, 0.15) is 13.8 Å². The summed E-state index contributed by atoms with van der Waals surface area (Å²) in [5.41, 5.74) is 5.85. The second kappa shape index (κ2) is 5.47. The van der Waals surface area contributed by atoms with Crippen LogP contribution in [0.25, 0.3) is 0 Å². The van der Waals surface area contributed by atoms with Crippen LogP contribution in [-0.2, 0) is 13.1 Å². The van der Waals surface area contributed by atoms with Gasteiger partial charge in [-0.25, -0.2) is 9.67 Å². The van der Waals surface area contributed by atoms with Gasteiger partial charge >= 0.3 is 0 Å². The van der Waals surface area contributed by atoms with Crippen molar-refractivity contribution in [3.63, 3.8) is 0 Å². The minimum Gasteiger partial charge on any atom is -0.382 e. The maximum absolute atomic E-state index is 12.1. The average Bonchev–Trinajstić information content (AvgIpc) is 2.68. The van der Waals surface area contributed by atoms with E-state index in [1.54, 1.807) is 33.8 Å². The zero-order chi connectivity index (χ0) is 13.8. The quantitative estimate of drug-likeness (QED) is 0.853. The van der Waals surface area contributed by atoms with Crippen molar-refractivity contribution in [1.82, 2.24) is 14.3 Å². The third-order valence-corrected chi connectivity index (χ3v) is 2.75. The van der Waals surface area contributed by atoms with Gasteiger partial charge in [0.25, 0.3) is 5.56 Å². The monoisotopic (exact) mass is 260 g/mol. The molecule has 0 aliphatic rings. The van der Waals surface area contributed by atoms with Crippen LogP contribution in [0.4, 0.5) is 17.3 Å². The van der Waals surface area contributed by atoms with E-state index in [2.05, 4.69) is 15.2 Å². The molecule has 2 rings (SSSR count). The highest BCUT2D eigenvalue weighted by Crippen LogP contribution is 2.20. The molecule has 0 spiro atoms. The van der Waals surface area contributed by atoms with Gasteiger partial charge in [-0.15, -0.1) is 10.2 Å². The number of hydrogen-bond acceptors (Lipinski definition) is 5. The van der Waals surface area contributed by atoms with E-state index < -0.39 is 0 Å². The molecule has 7 heteroatoms. The first kappa shape index (κ1) is 13.0. The standard InChI is InChI=1S/C12H16N6O/c1-3-17-11(13)10(12(19)18(17)4-2)16-15-9-7-5-6-8-14-9/h5-8H,3-4,13H2,1-2H3/b16-15+. The van der Waals surface area contributed by atoms with Gasteiger partial charge < -0.3 is 5.73 Å². The maximum Gasteiger partial charge on any atom is 0.296 e. The number of hydrogen-bond donors (Lipinski definition) is 1. The Morgan fingerprint density at radius 3 is 2.47 bits per heavy atom. The molecule has 2 aromatic rings. The number of aromatic nitrogens is 3. The smallest absolute Gasteiger partial charge is 0.296 e. The minimum atomic E-state index is -0.235. The predicted molar refractivity (Wildman–Crippen MR) is 72.9 cm³/mol. The summed E-state index contributed by atoms with van der Waals surface area (Å²) in [6, 6.07) is 5.28. The van der Waals surface area contributed by atoms with Crippen LogP contribution in [0.15, 0.2) is 39.4 Å². The molecule has 0 bridgehead atoms. The Morgan fingerprint density at radius 2 is 1.95 bits per heavy atom. The van der Waals surface area contributed by atoms with Crippen molar-refractivity contribution in [3.05, 3.63) is 34.7 Å². The molecule has 100 valence electrons. The van der Waals surface area contributed by atoms with Gasteiger partial charge in [0.15, 0.2) is 17.3 Å². The molecule has 0 fully saturated rings. The van der Waals surface area contributed by atoms with Crippen molar-refractivity contribution in [2.75, 3.05) is 5.73 Å². The van der Waals surface area contributed by atoms with Gasteiger partial charge in [0, 0.05) is 19.3 Å². The summed E-state index contributed by atoms with van der Waals surface area (Å²) in [7, 11) is 0. The number of nitrogens with zero attached hydrogens (tertiary/aromatic N) is 5. The van der Waals surface area contributed by atoms with E-state index in [9.17, 15) is 4.79 Å². The molecule has 0 saturated carbocycles. The maximum atomic E-state index is 12.1. The van der Waals surface area contributed by atoms with E-state index in [1.165, 1.54) is 0 Å². The summed E-state index contributed by atoms with van der Waals surface area (Å²) in [4.78, 5) is 16.1. The number of rotatable bonds is 4. The first-order valence-corrected chi connectivity index (χ1v) is 6.10. The lowest BCUT2D eigenvalue weighted by molar-refractivity contribution is 0.483. The molecule has 0 atom stereocenters. The molecule has 0 saturated heterocycles. The molecular formula is C12H16N6O. The SMILES string of the molecule is CCn1c(N)c(/N=N/c2ccccn2)c(=O)n1CC. The molecule has 2 heterocycles. The van der Waals surface area contributed by atoms with Crippen LogP contribution in [0.2, 0.25) is 0 Å². The zero-order valence-corrected chi connectivity index (χ0v) is 10.9. The average molecular weight is 260 g/mol. The molecular weight excluding hydrogens is 244 g/mol. The van der Waals surface area contributed by atoms with Gasteiger partial charge in [-0.2, -0.15) is 0 Å². The summed E-state index contributed by atoms with van der Waals surface area (Å²) in [6.07, 6.45) is 1.61. The van der Waals surface area contributed by atoms with E-state index in [0.29, 0.717) is 24.7 Å². The van der Waals surface area contributed by atoms with Gasteiger partial charge in [-0.1, -0.05) is 6.07 Å². The van der Waals surface area contributed by atoms with E-state index in [4.69, 9.17) is 5.73 Å². The van der Waals surface area contributed by atoms with Crippen LogP contribution >= 0.6 is 0 Å². The van der Waals surface area contributed by atoms with Gasteiger partial charge in [0.1, 0.15) is 0 Å². The molecule has 0 aromatic carbocycles. The van der Waals surface area contributed by atoms with Crippen LogP contribution in [0, 0.1) is 0 Å². The van der Waals surface area contributed by atoms with Crippen molar-refractivity contribution >= 4 is 17.3 Å². The molecule has 2 aromatic heterocycles. The number of pyridine rings is 1. The normalized spacial score (nSPS) is 11.3. The summed E-state index contributed by atoms with van der Waals surface area (Å²) in [6.45, 7) is 4.94. The van der Waals surface area contributed by atoms with Crippen molar-refractivity contribution in [1.29, 1.82) is 0 Å². The third kappa shape index (κ3) is 2.40. The first-order chi connectivity index (χ1) is 9.19. The molecule has 7 nitrogen and oxygen atoms in total. The second-order valence-corrected chi connectivity index (χ2v) is 3.86. The molecule has 19 heavy (non-hydrogen) atoms. The van der Waals surface area contributed by atoms with Crippen LogP contribution in [-0.4, -0.2) is 14.3 Å². The predicted octanol–water partition coefficient (Wildman–Crippen LogP) is 2.08. The van der Waals surface area contributed by atoms with Crippen molar-refractivity contribution in [2.24, 2.45) is 10.2 Å². The topological polar surface area (TPSA) is 90.6 Å². The molecule has 0 radical (unpaired) electrons. The fourth-order valence-corrected chi connectivity index (χ4v) is 1.86. The molecule has 0 aliphatic carbocycles. The van der Waals surface area contributed by atoms with E-state index >= 15 is 0 Å². The van der Waals surface area contributed by atoms with E-state index in [1.807, 2.05) is 13.8 Å². The van der Waals surface area contributed by atoms with Crippen molar-refractivity contribution < 1.29 is 0 Å². The Hall–Kier alpha value is -2.44. The van der Waals surface area contributed by atoms with Gasteiger partial charge in [0.2, 0.25) is 0 Å². The van der Waals surface area contributed by atoms with Gasteiger partial charge in [0.05, 0.1) is 0 Å². The molecule has 0 unspecified atom stereocenters. The van der Waals surface area contributed by atoms with E-state index in [0.717, 1.165) is 0 Å². The Balaban J connectivity index is 2.44. The minimum absolute atomic E-state index is 0.161. The number of nitrogens with two attached hydrogens (primary N) is 1. The lowest BCUT2D eigenvalue weighted by Crippen LogP contribution is -2.21. The summed E-state index contributed by atoms with van der Waals surface area (Å²) < 4.78 is 3.23. The second-order valence-electron chi connectivity index (χ2n) is 3.86. The number of azo groups is 1. The first-order valence-electron chi connectivity index (χ1n) is 6.10.